The number of benzene rings is 2. The van der Waals surface area contributed by atoms with Crippen molar-refractivity contribution in [2.24, 2.45) is 0 Å². The van der Waals surface area contributed by atoms with Crippen molar-refractivity contribution in [3.63, 3.8) is 0 Å². The highest BCUT2D eigenvalue weighted by Gasteiger charge is 2.19. The third-order valence-electron chi connectivity index (χ3n) is 4.98. The number of ether oxygens (including phenoxy) is 1. The molecule has 6 nitrogen and oxygen atoms in total. The highest BCUT2D eigenvalue weighted by molar-refractivity contribution is 8.00. The third-order valence-corrected chi connectivity index (χ3v) is 5.91. The van der Waals surface area contributed by atoms with Crippen molar-refractivity contribution in [1.29, 1.82) is 0 Å². The van der Waals surface area contributed by atoms with E-state index in [1.165, 1.54) is 29.3 Å². The van der Waals surface area contributed by atoms with Crippen LogP contribution in [0.4, 0.5) is 5.69 Å². The summed E-state index contributed by atoms with van der Waals surface area (Å²) < 4.78 is 10.9. The first kappa shape index (κ1) is 19.5. The van der Waals surface area contributed by atoms with Gasteiger partial charge in [-0.05, 0) is 67.1 Å². The summed E-state index contributed by atoms with van der Waals surface area (Å²) in [5, 5.41) is 11.2. The molecular formula is C22H23N3O3S. The minimum atomic E-state index is -0.349. The van der Waals surface area contributed by atoms with Crippen LogP contribution in [0.15, 0.2) is 52.1 Å². The summed E-state index contributed by atoms with van der Waals surface area (Å²) in [6.45, 7) is 1.83. The number of methoxy groups -OCH3 is 1. The molecule has 1 atom stereocenters. The number of rotatable bonds is 7. The fourth-order valence-corrected chi connectivity index (χ4v) is 4.07. The highest BCUT2D eigenvalue weighted by Crippen LogP contribution is 2.27. The lowest BCUT2D eigenvalue weighted by Crippen LogP contribution is -2.22. The van der Waals surface area contributed by atoms with Gasteiger partial charge in [-0.1, -0.05) is 30.0 Å². The van der Waals surface area contributed by atoms with Crippen LogP contribution >= 0.6 is 11.8 Å². The molecule has 1 amide bonds. The maximum atomic E-state index is 12.5. The molecule has 0 radical (unpaired) electrons. The van der Waals surface area contributed by atoms with E-state index in [1.54, 1.807) is 7.11 Å². The van der Waals surface area contributed by atoms with Crippen LogP contribution in [0.25, 0.3) is 0 Å². The minimum Gasteiger partial charge on any atom is -0.497 e. The van der Waals surface area contributed by atoms with Crippen molar-refractivity contribution in [3.8, 4) is 5.75 Å². The van der Waals surface area contributed by atoms with Crippen LogP contribution in [0.3, 0.4) is 0 Å². The van der Waals surface area contributed by atoms with E-state index in [9.17, 15) is 4.79 Å². The van der Waals surface area contributed by atoms with E-state index < -0.39 is 0 Å². The second-order valence-electron chi connectivity index (χ2n) is 7.07. The van der Waals surface area contributed by atoms with Gasteiger partial charge in [0, 0.05) is 5.69 Å². The summed E-state index contributed by atoms with van der Waals surface area (Å²) in [4.78, 5) is 12.5. The topological polar surface area (TPSA) is 77.2 Å². The lowest BCUT2D eigenvalue weighted by molar-refractivity contribution is -0.115. The molecule has 1 N–H and O–H groups in total. The molecule has 1 aromatic heterocycles. The quantitative estimate of drug-likeness (QED) is 0.587. The van der Waals surface area contributed by atoms with Crippen molar-refractivity contribution in [1.82, 2.24) is 10.2 Å². The zero-order valence-electron chi connectivity index (χ0n) is 16.5. The normalized spacial score (nSPS) is 13.7. The lowest BCUT2D eigenvalue weighted by Gasteiger charge is -2.11. The molecule has 1 aliphatic rings. The predicted molar refractivity (Wildman–Crippen MR) is 113 cm³/mol. The van der Waals surface area contributed by atoms with E-state index in [4.69, 9.17) is 9.15 Å². The van der Waals surface area contributed by atoms with E-state index in [1.807, 2.05) is 37.3 Å². The van der Waals surface area contributed by atoms with Crippen LogP contribution in [-0.4, -0.2) is 28.5 Å². The second kappa shape index (κ2) is 8.69. The van der Waals surface area contributed by atoms with Gasteiger partial charge < -0.3 is 14.5 Å². The predicted octanol–water partition coefficient (Wildman–Crippen LogP) is 4.28. The number of fused-ring (bicyclic) bond motifs is 1. The van der Waals surface area contributed by atoms with E-state index in [0.29, 0.717) is 17.5 Å². The molecule has 1 aliphatic carbocycles. The summed E-state index contributed by atoms with van der Waals surface area (Å²) in [5.41, 5.74) is 4.62. The summed E-state index contributed by atoms with van der Waals surface area (Å²) in [6.07, 6.45) is 3.94. The summed E-state index contributed by atoms with van der Waals surface area (Å²) >= 11 is 1.26. The zero-order valence-corrected chi connectivity index (χ0v) is 17.3. The largest absolute Gasteiger partial charge is 0.497 e. The Labute approximate surface area is 174 Å². The molecule has 2 aromatic carbocycles. The van der Waals surface area contributed by atoms with Gasteiger partial charge in [0.1, 0.15) is 5.75 Å². The Bertz CT molecular complexity index is 1000. The molecule has 0 spiro atoms. The van der Waals surface area contributed by atoms with Crippen LogP contribution in [0.1, 0.15) is 35.9 Å². The number of amides is 1. The second-order valence-corrected chi connectivity index (χ2v) is 8.36. The maximum Gasteiger partial charge on any atom is 0.277 e. The molecule has 0 aliphatic heterocycles. The number of thioether (sulfide) groups is 1. The number of carbonyl (C=O) groups is 1. The first-order valence-corrected chi connectivity index (χ1v) is 10.5. The van der Waals surface area contributed by atoms with Gasteiger partial charge in [0.15, 0.2) is 0 Å². The van der Waals surface area contributed by atoms with E-state index in [0.717, 1.165) is 29.8 Å². The average Bonchev–Trinajstić information content (AvgIpc) is 3.37. The third kappa shape index (κ3) is 4.79. The van der Waals surface area contributed by atoms with Crippen molar-refractivity contribution in [3.05, 3.63) is 65.0 Å². The Morgan fingerprint density at radius 2 is 1.97 bits per heavy atom. The Hall–Kier alpha value is -2.80. The average molecular weight is 410 g/mol. The summed E-state index contributed by atoms with van der Waals surface area (Å²) in [5.74, 6) is 1.24. The van der Waals surface area contributed by atoms with Gasteiger partial charge in [-0.15, -0.1) is 10.2 Å². The molecule has 4 rings (SSSR count). The monoisotopic (exact) mass is 409 g/mol. The van der Waals surface area contributed by atoms with E-state index in [-0.39, 0.29) is 11.2 Å². The number of hydrogen-bond donors (Lipinski definition) is 1. The molecule has 0 bridgehead atoms. The molecule has 150 valence electrons. The molecule has 0 saturated heterocycles. The van der Waals surface area contributed by atoms with Crippen LogP contribution in [0.5, 0.6) is 5.75 Å². The number of nitrogens with zero attached hydrogens (tertiary/aromatic N) is 2. The van der Waals surface area contributed by atoms with Gasteiger partial charge in [0.2, 0.25) is 11.8 Å². The molecule has 7 heteroatoms. The van der Waals surface area contributed by atoms with E-state index in [2.05, 4.69) is 27.6 Å². The van der Waals surface area contributed by atoms with Gasteiger partial charge in [0.05, 0.1) is 18.8 Å². The van der Waals surface area contributed by atoms with Crippen LogP contribution < -0.4 is 10.1 Å². The molecule has 29 heavy (non-hydrogen) atoms. The molecule has 1 heterocycles. The molecule has 0 saturated carbocycles. The van der Waals surface area contributed by atoms with Gasteiger partial charge in [-0.3, -0.25) is 4.79 Å². The van der Waals surface area contributed by atoms with Gasteiger partial charge >= 0.3 is 0 Å². The number of anilines is 1. The van der Waals surface area contributed by atoms with Crippen molar-refractivity contribution in [2.45, 2.75) is 43.1 Å². The maximum absolute atomic E-state index is 12.5. The SMILES string of the molecule is COc1ccc(Cc2nnc(S[C@H](C)C(=O)Nc3ccc4c(c3)CCC4)o2)cc1. The Morgan fingerprint density at radius 3 is 2.76 bits per heavy atom. The number of aromatic nitrogens is 2. The number of carbonyl (C=O) groups excluding carboxylic acids is 1. The Kier molecular flexibility index (Phi) is 5.85. The van der Waals surface area contributed by atoms with Crippen molar-refractivity contribution >= 4 is 23.4 Å². The Balaban J connectivity index is 1.33. The van der Waals surface area contributed by atoms with Crippen molar-refractivity contribution in [2.75, 3.05) is 12.4 Å². The first-order chi connectivity index (χ1) is 14.1. The molecule has 0 fully saturated rings. The van der Waals surface area contributed by atoms with Gasteiger partial charge in [-0.2, -0.15) is 0 Å². The molecular weight excluding hydrogens is 386 g/mol. The van der Waals surface area contributed by atoms with Gasteiger partial charge in [0.25, 0.3) is 5.22 Å². The smallest absolute Gasteiger partial charge is 0.277 e. The van der Waals surface area contributed by atoms with Crippen molar-refractivity contribution < 1.29 is 13.9 Å². The number of hydrogen-bond acceptors (Lipinski definition) is 6. The Morgan fingerprint density at radius 1 is 1.17 bits per heavy atom. The van der Waals surface area contributed by atoms with Crippen LogP contribution in [0, 0.1) is 0 Å². The van der Waals surface area contributed by atoms with E-state index >= 15 is 0 Å². The van der Waals surface area contributed by atoms with Crippen LogP contribution in [-0.2, 0) is 24.1 Å². The minimum absolute atomic E-state index is 0.0807. The first-order valence-electron chi connectivity index (χ1n) is 9.65. The number of nitrogens with one attached hydrogen (secondary N) is 1. The number of aryl methyl sites for hydroxylation is 2. The fraction of sp³-hybridized carbons (Fsp3) is 0.318. The fourth-order valence-electron chi connectivity index (χ4n) is 3.37. The van der Waals surface area contributed by atoms with Crippen LogP contribution in [0.2, 0.25) is 0 Å². The molecule has 3 aromatic rings. The summed E-state index contributed by atoms with van der Waals surface area (Å²) in [6, 6.07) is 13.9. The standard InChI is InChI=1S/C22H23N3O3S/c1-14(21(26)23-18-9-8-16-4-3-5-17(16)13-18)29-22-25-24-20(28-22)12-15-6-10-19(27-2)11-7-15/h6-11,13-14H,3-5,12H2,1-2H3,(H,23,26)/t14-/m1/s1. The highest BCUT2D eigenvalue weighted by atomic mass is 32.2. The molecule has 0 unspecified atom stereocenters. The lowest BCUT2D eigenvalue weighted by atomic mass is 10.1. The van der Waals surface area contributed by atoms with Gasteiger partial charge in [-0.25, -0.2) is 0 Å². The zero-order chi connectivity index (χ0) is 20.2. The summed E-state index contributed by atoms with van der Waals surface area (Å²) in [7, 11) is 1.64.